The zero-order valence-electron chi connectivity index (χ0n) is 18.6. The SMILES string of the molecule is CCCCCCCCCCCC[C@]12CCC(=O)N1CCc1c2[nH]c2ccc(Br)cc12. The van der Waals surface area contributed by atoms with Crippen LogP contribution in [0, 0.1) is 0 Å². The second-order valence-corrected chi connectivity index (χ2v) is 10.3. The van der Waals surface area contributed by atoms with Crippen LogP contribution in [0.4, 0.5) is 0 Å². The summed E-state index contributed by atoms with van der Waals surface area (Å²) in [6.45, 7) is 3.16. The number of hydrogen-bond donors (Lipinski definition) is 1. The van der Waals surface area contributed by atoms with Gasteiger partial charge < -0.3 is 9.88 Å². The third-order valence-electron chi connectivity index (χ3n) is 7.43. The molecule has 3 heterocycles. The zero-order chi connectivity index (χ0) is 21.0. The highest BCUT2D eigenvalue weighted by Crippen LogP contribution is 2.49. The van der Waals surface area contributed by atoms with E-state index in [1.54, 1.807) is 0 Å². The molecule has 30 heavy (non-hydrogen) atoms. The fraction of sp³-hybridized carbons (Fsp3) is 0.654. The first-order valence-corrected chi connectivity index (χ1v) is 13.1. The first kappa shape index (κ1) is 21.9. The van der Waals surface area contributed by atoms with Crippen molar-refractivity contribution < 1.29 is 4.79 Å². The highest BCUT2D eigenvalue weighted by atomic mass is 79.9. The molecule has 2 aromatic rings. The molecule has 0 saturated carbocycles. The van der Waals surface area contributed by atoms with E-state index in [-0.39, 0.29) is 5.54 Å². The van der Waals surface area contributed by atoms with Crippen LogP contribution in [-0.2, 0) is 16.8 Å². The van der Waals surface area contributed by atoms with E-state index >= 15 is 0 Å². The Bertz CT molecular complexity index is 873. The molecule has 0 bridgehead atoms. The number of H-pyrrole nitrogens is 1. The van der Waals surface area contributed by atoms with Crippen LogP contribution >= 0.6 is 15.9 Å². The van der Waals surface area contributed by atoms with E-state index in [0.717, 1.165) is 30.3 Å². The predicted molar refractivity (Wildman–Crippen MR) is 129 cm³/mol. The second-order valence-electron chi connectivity index (χ2n) is 9.43. The van der Waals surface area contributed by atoms with Gasteiger partial charge in [-0.1, -0.05) is 87.1 Å². The number of rotatable bonds is 11. The van der Waals surface area contributed by atoms with Crippen LogP contribution in [0.2, 0.25) is 0 Å². The Morgan fingerprint density at radius 1 is 1.00 bits per heavy atom. The molecular formula is C26H37BrN2O. The number of halogens is 1. The topological polar surface area (TPSA) is 36.1 Å². The van der Waals surface area contributed by atoms with Crippen LogP contribution in [0.3, 0.4) is 0 Å². The molecule has 2 aliphatic heterocycles. The standard InChI is InChI=1S/C26H37BrN2O/c1-2-3-4-5-6-7-8-9-10-11-16-26-17-14-24(30)29(26)18-15-21-22-19-20(27)12-13-23(22)28-25(21)26/h12-13,19,28H,2-11,14-18H2,1H3/t26-/m1/s1. The van der Waals surface area contributed by atoms with Crippen molar-refractivity contribution in [3.63, 3.8) is 0 Å². The molecule has 0 unspecified atom stereocenters. The summed E-state index contributed by atoms with van der Waals surface area (Å²) in [5.41, 5.74) is 3.91. The van der Waals surface area contributed by atoms with E-state index in [9.17, 15) is 4.79 Å². The van der Waals surface area contributed by atoms with E-state index in [1.165, 1.54) is 86.4 Å². The Balaban J connectivity index is 1.38. The van der Waals surface area contributed by atoms with E-state index in [2.05, 4.69) is 50.9 Å². The van der Waals surface area contributed by atoms with Gasteiger partial charge in [0.25, 0.3) is 0 Å². The molecule has 1 aromatic carbocycles. The van der Waals surface area contributed by atoms with Gasteiger partial charge in [-0.3, -0.25) is 4.79 Å². The van der Waals surface area contributed by atoms with Crippen LogP contribution in [0.15, 0.2) is 22.7 Å². The minimum atomic E-state index is -0.0870. The maximum Gasteiger partial charge on any atom is 0.223 e. The highest BCUT2D eigenvalue weighted by Gasteiger charge is 2.50. The number of unbranched alkanes of at least 4 members (excludes halogenated alkanes) is 9. The molecule has 1 aromatic heterocycles. The summed E-state index contributed by atoms with van der Waals surface area (Å²) in [7, 11) is 0. The summed E-state index contributed by atoms with van der Waals surface area (Å²) in [6, 6.07) is 6.52. The van der Waals surface area contributed by atoms with E-state index in [1.807, 2.05) is 0 Å². The summed E-state index contributed by atoms with van der Waals surface area (Å²) in [6.07, 6.45) is 17.3. The van der Waals surface area contributed by atoms with E-state index in [0.29, 0.717) is 12.3 Å². The molecule has 0 spiro atoms. The normalized spacial score (nSPS) is 20.7. The Hall–Kier alpha value is -1.29. The first-order valence-electron chi connectivity index (χ1n) is 12.3. The Kier molecular flexibility index (Phi) is 7.23. The molecule has 1 amide bonds. The molecule has 164 valence electrons. The average Bonchev–Trinajstić information content (AvgIpc) is 3.28. The van der Waals surface area contributed by atoms with Gasteiger partial charge in [-0.05, 0) is 43.0 Å². The van der Waals surface area contributed by atoms with Gasteiger partial charge in [0.1, 0.15) is 0 Å². The average molecular weight is 473 g/mol. The lowest BCUT2D eigenvalue weighted by Gasteiger charge is -2.42. The van der Waals surface area contributed by atoms with Crippen molar-refractivity contribution >= 4 is 32.7 Å². The maximum atomic E-state index is 12.7. The number of fused-ring (bicyclic) bond motifs is 5. The molecule has 0 radical (unpaired) electrons. The van der Waals surface area contributed by atoms with Crippen LogP contribution < -0.4 is 0 Å². The quantitative estimate of drug-likeness (QED) is 0.335. The van der Waals surface area contributed by atoms with Crippen molar-refractivity contribution in [3.8, 4) is 0 Å². The Morgan fingerprint density at radius 3 is 2.43 bits per heavy atom. The summed E-state index contributed by atoms with van der Waals surface area (Å²) >= 11 is 3.64. The molecule has 3 nitrogen and oxygen atoms in total. The number of aromatic nitrogens is 1. The van der Waals surface area contributed by atoms with Gasteiger partial charge >= 0.3 is 0 Å². The number of nitrogens with one attached hydrogen (secondary N) is 1. The summed E-state index contributed by atoms with van der Waals surface area (Å²) in [5, 5.41) is 1.33. The number of carbonyl (C=O) groups excluding carboxylic acids is 1. The molecular weight excluding hydrogens is 436 g/mol. The van der Waals surface area contributed by atoms with Gasteiger partial charge in [0.15, 0.2) is 0 Å². The number of carbonyl (C=O) groups is 1. The number of hydrogen-bond acceptors (Lipinski definition) is 1. The van der Waals surface area contributed by atoms with Crippen LogP contribution in [-0.4, -0.2) is 22.3 Å². The largest absolute Gasteiger partial charge is 0.356 e. The zero-order valence-corrected chi connectivity index (χ0v) is 20.2. The number of aromatic amines is 1. The molecule has 2 aliphatic rings. The lowest BCUT2D eigenvalue weighted by atomic mass is 9.80. The van der Waals surface area contributed by atoms with Gasteiger partial charge in [0, 0.05) is 34.0 Å². The van der Waals surface area contributed by atoms with Crippen molar-refractivity contribution in [1.29, 1.82) is 0 Å². The van der Waals surface area contributed by atoms with Gasteiger partial charge in [-0.15, -0.1) is 0 Å². The summed E-state index contributed by atoms with van der Waals surface area (Å²) < 4.78 is 1.13. The molecule has 4 heteroatoms. The maximum absolute atomic E-state index is 12.7. The smallest absolute Gasteiger partial charge is 0.223 e. The number of benzene rings is 1. The van der Waals surface area contributed by atoms with E-state index < -0.39 is 0 Å². The fourth-order valence-corrected chi connectivity index (χ4v) is 6.17. The van der Waals surface area contributed by atoms with Crippen molar-refractivity contribution in [3.05, 3.63) is 33.9 Å². The number of amides is 1. The monoisotopic (exact) mass is 472 g/mol. The number of nitrogens with zero attached hydrogens (tertiary/aromatic N) is 1. The van der Waals surface area contributed by atoms with Crippen LogP contribution in [0.25, 0.3) is 10.9 Å². The lowest BCUT2D eigenvalue weighted by Crippen LogP contribution is -2.48. The fourth-order valence-electron chi connectivity index (χ4n) is 5.81. The van der Waals surface area contributed by atoms with Crippen molar-refractivity contribution in [2.24, 2.45) is 0 Å². The lowest BCUT2D eigenvalue weighted by molar-refractivity contribution is -0.132. The highest BCUT2D eigenvalue weighted by molar-refractivity contribution is 9.10. The van der Waals surface area contributed by atoms with Crippen molar-refractivity contribution in [2.45, 2.75) is 102 Å². The van der Waals surface area contributed by atoms with Crippen LogP contribution in [0.5, 0.6) is 0 Å². The van der Waals surface area contributed by atoms with Crippen molar-refractivity contribution in [2.75, 3.05) is 6.54 Å². The predicted octanol–water partition coefficient (Wildman–Crippen LogP) is 7.62. The third-order valence-corrected chi connectivity index (χ3v) is 7.93. The van der Waals surface area contributed by atoms with Gasteiger partial charge in [0.2, 0.25) is 5.91 Å². The summed E-state index contributed by atoms with van der Waals surface area (Å²) in [5.74, 6) is 0.354. The van der Waals surface area contributed by atoms with Crippen LogP contribution in [0.1, 0.15) is 102 Å². The minimum Gasteiger partial charge on any atom is -0.356 e. The molecule has 1 atom stereocenters. The minimum absolute atomic E-state index is 0.0870. The Morgan fingerprint density at radius 2 is 1.70 bits per heavy atom. The molecule has 0 aliphatic carbocycles. The summed E-state index contributed by atoms with van der Waals surface area (Å²) in [4.78, 5) is 18.6. The van der Waals surface area contributed by atoms with E-state index in [4.69, 9.17) is 0 Å². The molecule has 1 fully saturated rings. The molecule has 4 rings (SSSR count). The van der Waals surface area contributed by atoms with Gasteiger partial charge in [-0.25, -0.2) is 0 Å². The van der Waals surface area contributed by atoms with Gasteiger partial charge in [-0.2, -0.15) is 0 Å². The second kappa shape index (κ2) is 9.89. The first-order chi connectivity index (χ1) is 14.7. The molecule has 1 N–H and O–H groups in total. The Labute approximate surface area is 190 Å². The van der Waals surface area contributed by atoms with Crippen molar-refractivity contribution in [1.82, 2.24) is 9.88 Å². The molecule has 1 saturated heterocycles. The third kappa shape index (κ3) is 4.35. The van der Waals surface area contributed by atoms with Gasteiger partial charge in [0.05, 0.1) is 5.54 Å².